The van der Waals surface area contributed by atoms with Crippen LogP contribution in [0.2, 0.25) is 5.02 Å². The predicted octanol–water partition coefficient (Wildman–Crippen LogP) is 4.75. The highest BCUT2D eigenvalue weighted by atomic mass is 35.5. The van der Waals surface area contributed by atoms with E-state index in [0.29, 0.717) is 16.4 Å². The molecule has 0 unspecified atom stereocenters. The molecule has 0 fully saturated rings. The number of nitrogens with one attached hydrogen (secondary N) is 2. The normalized spacial score (nSPS) is 11.2. The molecule has 0 amide bonds. The topological polar surface area (TPSA) is 83.9 Å². The van der Waals surface area contributed by atoms with Crippen LogP contribution >= 0.6 is 23.8 Å². The molecule has 146 valence electrons. The Hall–Kier alpha value is -3.23. The number of aromatic amines is 2. The highest BCUT2D eigenvalue weighted by Crippen LogP contribution is 2.22. The van der Waals surface area contributed by atoms with E-state index in [4.69, 9.17) is 28.6 Å². The molecule has 0 radical (unpaired) electrons. The summed E-state index contributed by atoms with van der Waals surface area (Å²) in [5.74, 6) is 0. The molecule has 9 heteroatoms. The van der Waals surface area contributed by atoms with Crippen LogP contribution in [0.4, 0.5) is 0 Å². The molecule has 2 N–H and O–H groups in total. The smallest absolute Gasteiger partial charge is 0.337 e. The minimum Gasteiger partial charge on any atom is -0.457 e. The summed E-state index contributed by atoms with van der Waals surface area (Å²) in [6, 6.07) is 15.8. The maximum atomic E-state index is 5.97. The van der Waals surface area contributed by atoms with Gasteiger partial charge in [-0.2, -0.15) is 14.9 Å². The Morgan fingerprint density at radius 3 is 2.66 bits per heavy atom. The van der Waals surface area contributed by atoms with Crippen molar-refractivity contribution < 1.29 is 4.74 Å². The standard InChI is InChI=1S/C20H17ClN6OS/c1-13-2-4-14(5-3-13)12-28-19-25-26-20(29)27(19)23-11-16-10-22-24-18(16)15-6-8-17(21)9-7-15/h2-11H,12H2,1H3,(H,22,24)(H,26,29)/b23-11+. The molecule has 0 aliphatic heterocycles. The lowest BCUT2D eigenvalue weighted by Crippen LogP contribution is -2.01. The molecule has 0 aliphatic rings. The first-order valence-corrected chi connectivity index (χ1v) is 9.58. The van der Waals surface area contributed by atoms with Gasteiger partial charge in [-0.1, -0.05) is 53.6 Å². The predicted molar refractivity (Wildman–Crippen MR) is 115 cm³/mol. The summed E-state index contributed by atoms with van der Waals surface area (Å²) < 4.78 is 7.55. The average Bonchev–Trinajstić information content (AvgIpc) is 3.33. The molecule has 2 aromatic heterocycles. The maximum absolute atomic E-state index is 5.97. The molecular formula is C20H17ClN6OS. The van der Waals surface area contributed by atoms with Crippen molar-refractivity contribution >= 4 is 30.0 Å². The van der Waals surface area contributed by atoms with Gasteiger partial charge in [-0.05, 0) is 36.8 Å². The van der Waals surface area contributed by atoms with Gasteiger partial charge in [-0.25, -0.2) is 5.10 Å². The fourth-order valence-corrected chi connectivity index (χ4v) is 2.96. The van der Waals surface area contributed by atoms with Crippen LogP contribution in [0.25, 0.3) is 11.3 Å². The summed E-state index contributed by atoms with van der Waals surface area (Å²) in [5, 5.41) is 19.0. The number of aromatic nitrogens is 5. The van der Waals surface area contributed by atoms with Crippen LogP contribution < -0.4 is 4.74 Å². The fourth-order valence-electron chi connectivity index (χ4n) is 2.67. The van der Waals surface area contributed by atoms with Gasteiger partial charge in [0.25, 0.3) is 0 Å². The summed E-state index contributed by atoms with van der Waals surface area (Å²) in [6.45, 7) is 2.40. The number of aryl methyl sites for hydroxylation is 1. The number of ether oxygens (including phenoxy) is 1. The lowest BCUT2D eigenvalue weighted by atomic mass is 10.1. The first-order valence-electron chi connectivity index (χ1n) is 8.79. The van der Waals surface area contributed by atoms with Gasteiger partial charge in [0.05, 0.1) is 18.1 Å². The number of H-pyrrole nitrogens is 2. The molecule has 0 aliphatic carbocycles. The fraction of sp³-hybridized carbons (Fsp3) is 0.100. The minimum absolute atomic E-state index is 0.281. The van der Waals surface area contributed by atoms with Crippen LogP contribution in [0.5, 0.6) is 6.01 Å². The first-order chi connectivity index (χ1) is 14.1. The summed E-state index contributed by atoms with van der Waals surface area (Å²) in [4.78, 5) is 0. The van der Waals surface area contributed by atoms with E-state index in [2.05, 4.69) is 25.5 Å². The van der Waals surface area contributed by atoms with E-state index >= 15 is 0 Å². The summed E-state index contributed by atoms with van der Waals surface area (Å²) in [5.41, 5.74) is 4.78. The Kier molecular flexibility index (Phi) is 5.55. The molecule has 4 aromatic rings. The van der Waals surface area contributed by atoms with Crippen LogP contribution in [0.3, 0.4) is 0 Å². The van der Waals surface area contributed by atoms with Gasteiger partial charge in [-0.3, -0.25) is 5.10 Å². The minimum atomic E-state index is 0.281. The van der Waals surface area contributed by atoms with E-state index in [1.165, 1.54) is 10.2 Å². The van der Waals surface area contributed by atoms with E-state index in [-0.39, 0.29) is 6.01 Å². The zero-order chi connectivity index (χ0) is 20.2. The maximum Gasteiger partial charge on any atom is 0.337 e. The van der Waals surface area contributed by atoms with Gasteiger partial charge in [0.15, 0.2) is 0 Å². The van der Waals surface area contributed by atoms with Crippen LogP contribution in [-0.2, 0) is 6.61 Å². The van der Waals surface area contributed by atoms with E-state index in [1.54, 1.807) is 12.4 Å². The van der Waals surface area contributed by atoms with E-state index in [1.807, 2.05) is 55.5 Å². The number of benzene rings is 2. The molecule has 0 saturated heterocycles. The average molecular weight is 425 g/mol. The number of hydrogen-bond donors (Lipinski definition) is 2. The molecule has 4 rings (SSSR count). The Morgan fingerprint density at radius 2 is 1.90 bits per heavy atom. The van der Waals surface area contributed by atoms with Crippen molar-refractivity contribution in [3.8, 4) is 17.3 Å². The second-order valence-corrected chi connectivity index (χ2v) is 7.17. The number of hydrogen-bond acceptors (Lipinski definition) is 5. The van der Waals surface area contributed by atoms with Gasteiger partial charge in [0.1, 0.15) is 6.61 Å². The Labute approximate surface area is 177 Å². The van der Waals surface area contributed by atoms with Gasteiger partial charge in [0.2, 0.25) is 4.77 Å². The molecular weight excluding hydrogens is 408 g/mol. The van der Waals surface area contributed by atoms with Crippen LogP contribution in [0.1, 0.15) is 16.7 Å². The number of nitrogens with zero attached hydrogens (tertiary/aromatic N) is 4. The third-order valence-corrected chi connectivity index (χ3v) is 4.74. The molecule has 29 heavy (non-hydrogen) atoms. The zero-order valence-electron chi connectivity index (χ0n) is 15.5. The summed E-state index contributed by atoms with van der Waals surface area (Å²) >= 11 is 11.2. The highest BCUT2D eigenvalue weighted by Gasteiger charge is 2.09. The molecule has 2 heterocycles. The van der Waals surface area contributed by atoms with Gasteiger partial charge < -0.3 is 4.74 Å². The largest absolute Gasteiger partial charge is 0.457 e. The third kappa shape index (κ3) is 4.44. The lowest BCUT2D eigenvalue weighted by Gasteiger charge is -2.05. The SMILES string of the molecule is Cc1ccc(COc2n[nH]c(=S)n2/N=C/c2cn[nH]c2-c2ccc(Cl)cc2)cc1. The van der Waals surface area contributed by atoms with E-state index in [0.717, 1.165) is 22.4 Å². The monoisotopic (exact) mass is 424 g/mol. The Morgan fingerprint density at radius 1 is 1.14 bits per heavy atom. The van der Waals surface area contributed by atoms with Crippen molar-refractivity contribution in [2.24, 2.45) is 5.10 Å². The third-order valence-electron chi connectivity index (χ3n) is 4.22. The van der Waals surface area contributed by atoms with Crippen LogP contribution in [-0.4, -0.2) is 31.3 Å². The van der Waals surface area contributed by atoms with Crippen molar-refractivity contribution in [1.82, 2.24) is 25.1 Å². The van der Waals surface area contributed by atoms with Gasteiger partial charge >= 0.3 is 6.01 Å². The highest BCUT2D eigenvalue weighted by molar-refractivity contribution is 7.71. The lowest BCUT2D eigenvalue weighted by molar-refractivity contribution is 0.269. The Balaban J connectivity index is 1.55. The molecule has 0 atom stereocenters. The quantitative estimate of drug-likeness (QED) is 0.345. The van der Waals surface area contributed by atoms with Crippen molar-refractivity contribution in [2.45, 2.75) is 13.5 Å². The van der Waals surface area contributed by atoms with Crippen molar-refractivity contribution in [1.29, 1.82) is 0 Å². The van der Waals surface area contributed by atoms with Crippen LogP contribution in [0.15, 0.2) is 59.8 Å². The second-order valence-electron chi connectivity index (χ2n) is 6.35. The molecule has 7 nitrogen and oxygen atoms in total. The zero-order valence-corrected chi connectivity index (χ0v) is 17.0. The number of rotatable bonds is 6. The van der Waals surface area contributed by atoms with Crippen LogP contribution in [0, 0.1) is 11.7 Å². The molecule has 2 aromatic carbocycles. The van der Waals surface area contributed by atoms with Crippen molar-refractivity contribution in [3.05, 3.63) is 81.2 Å². The van der Waals surface area contributed by atoms with Crippen molar-refractivity contribution in [2.75, 3.05) is 0 Å². The van der Waals surface area contributed by atoms with E-state index < -0.39 is 0 Å². The van der Waals surface area contributed by atoms with Gasteiger partial charge in [-0.15, -0.1) is 5.10 Å². The van der Waals surface area contributed by atoms with Crippen molar-refractivity contribution in [3.63, 3.8) is 0 Å². The van der Waals surface area contributed by atoms with E-state index in [9.17, 15) is 0 Å². The molecule has 0 saturated carbocycles. The second kappa shape index (κ2) is 8.42. The summed E-state index contributed by atoms with van der Waals surface area (Å²) in [6.07, 6.45) is 3.33. The molecule has 0 bridgehead atoms. The number of halogens is 1. The summed E-state index contributed by atoms with van der Waals surface area (Å²) in [7, 11) is 0. The Bertz CT molecular complexity index is 1190. The van der Waals surface area contributed by atoms with Gasteiger partial charge in [0, 0.05) is 16.1 Å². The first kappa shape index (κ1) is 19.1. The molecule has 0 spiro atoms.